The Bertz CT molecular complexity index is 1900. The Morgan fingerprint density at radius 2 is 1.76 bits per heavy atom. The van der Waals surface area contributed by atoms with Gasteiger partial charge in [-0.2, -0.15) is 9.63 Å². The van der Waals surface area contributed by atoms with Gasteiger partial charge in [-0.3, -0.25) is 29.0 Å². The lowest BCUT2D eigenvalue weighted by Gasteiger charge is -2.33. The van der Waals surface area contributed by atoms with Crippen LogP contribution in [-0.2, 0) is 37.5 Å². The molecule has 286 valence electrons. The third kappa shape index (κ3) is 9.46. The summed E-state index contributed by atoms with van der Waals surface area (Å²) < 4.78 is 1.85. The van der Waals surface area contributed by atoms with E-state index in [0.29, 0.717) is 55.0 Å². The van der Waals surface area contributed by atoms with Gasteiger partial charge in [-0.15, -0.1) is 0 Å². The van der Waals surface area contributed by atoms with Crippen LogP contribution in [0.1, 0.15) is 57.7 Å². The fraction of sp³-hybridized carbons (Fsp3) is 0.410. The summed E-state index contributed by atoms with van der Waals surface area (Å²) in [6, 6.07) is 17.2. The van der Waals surface area contributed by atoms with Gasteiger partial charge in [0, 0.05) is 26.2 Å². The molecule has 15 nitrogen and oxygen atoms in total. The number of nitrogens with zero attached hydrogens (tertiary/aromatic N) is 6. The first-order valence-corrected chi connectivity index (χ1v) is 18.1. The van der Waals surface area contributed by atoms with Crippen LogP contribution in [0.4, 0.5) is 17.1 Å². The molecule has 0 unspecified atom stereocenters. The molecule has 3 aromatic rings. The van der Waals surface area contributed by atoms with Crippen molar-refractivity contribution in [3.05, 3.63) is 84.2 Å². The number of aryl methyl sites for hydroxylation is 1. The number of carbonyl (C=O) groups excluding carboxylic acids is 4. The highest BCUT2D eigenvalue weighted by molar-refractivity contribution is 6.53. The van der Waals surface area contributed by atoms with Crippen molar-refractivity contribution >= 4 is 52.4 Å². The Hall–Kier alpha value is -5.67. The summed E-state index contributed by atoms with van der Waals surface area (Å²) in [5.41, 5.74) is 20.1. The fourth-order valence-electron chi connectivity index (χ4n) is 6.56. The van der Waals surface area contributed by atoms with Crippen molar-refractivity contribution in [1.29, 1.82) is 0 Å². The molecule has 1 saturated heterocycles. The number of amides is 4. The molecule has 0 spiro atoms. The molecule has 2 aliphatic heterocycles. The Morgan fingerprint density at radius 1 is 1.06 bits per heavy atom. The largest absolute Gasteiger partial charge is 0.370 e. The van der Waals surface area contributed by atoms with Crippen molar-refractivity contribution in [3.8, 4) is 0 Å². The Kier molecular flexibility index (Phi) is 12.4. The van der Waals surface area contributed by atoms with Crippen molar-refractivity contribution in [2.24, 2.45) is 34.2 Å². The third-order valence-electron chi connectivity index (χ3n) is 9.16. The minimum atomic E-state index is -1.06. The number of likely N-dealkylation sites (N-methyl/N-ethyl adjacent to an activating group) is 1. The van der Waals surface area contributed by atoms with E-state index in [0.717, 1.165) is 11.3 Å². The minimum Gasteiger partial charge on any atom is -0.370 e. The van der Waals surface area contributed by atoms with Gasteiger partial charge < -0.3 is 32.3 Å². The van der Waals surface area contributed by atoms with Crippen LogP contribution in [0.3, 0.4) is 0 Å². The predicted octanol–water partition coefficient (Wildman–Crippen LogP) is 1.77. The topological polar surface area (TPSA) is 206 Å². The van der Waals surface area contributed by atoms with Gasteiger partial charge in [0.15, 0.2) is 12.2 Å². The van der Waals surface area contributed by atoms with E-state index in [1.807, 2.05) is 60.3 Å². The summed E-state index contributed by atoms with van der Waals surface area (Å²) in [6.07, 6.45) is 3.78. The van der Waals surface area contributed by atoms with Gasteiger partial charge in [0.2, 0.25) is 17.5 Å². The molecule has 15 heteroatoms. The van der Waals surface area contributed by atoms with Gasteiger partial charge >= 0.3 is 0 Å². The van der Waals surface area contributed by atoms with Gasteiger partial charge in [0.05, 0.1) is 23.0 Å². The quantitative estimate of drug-likeness (QED) is 0.0667. The van der Waals surface area contributed by atoms with E-state index < -0.39 is 35.5 Å². The molecule has 3 atom stereocenters. The average Bonchev–Trinajstić information content (AvgIpc) is 3.72. The van der Waals surface area contributed by atoms with Crippen molar-refractivity contribution in [1.82, 2.24) is 10.2 Å². The summed E-state index contributed by atoms with van der Waals surface area (Å²) >= 11 is 0. The summed E-state index contributed by atoms with van der Waals surface area (Å²) in [5.74, 6) is -1.64. The maximum absolute atomic E-state index is 14.5. The lowest BCUT2D eigenvalue weighted by atomic mass is 10.0. The number of guanidine groups is 1. The number of nitrogens with two attached hydrogens (primary N) is 3. The predicted molar refractivity (Wildman–Crippen MR) is 207 cm³/mol. The first-order chi connectivity index (χ1) is 25.6. The van der Waals surface area contributed by atoms with Crippen LogP contribution in [0.25, 0.3) is 0 Å². The third-order valence-corrected chi connectivity index (χ3v) is 9.16. The molecule has 1 aromatic heterocycles. The van der Waals surface area contributed by atoms with Gasteiger partial charge in [-0.1, -0.05) is 30.3 Å². The molecule has 0 aliphatic carbocycles. The highest BCUT2D eigenvalue weighted by Crippen LogP contribution is 2.29. The standard InChI is InChI=1S/C39H50N10O5/c1-39(2,3)54-49(27-19-17-26(18-20-27)44-32-33-30(47(5)37(32)53)15-10-22-46(33)4)36(52)29(14-9-21-43-38(41)42)45-34(50)31-16-11-23-48(31)35(51)28(40)24-25-12-7-6-8-13-25/h6-8,10,12-13,15,17-20,22,28-29,31H,9,11,14,16,21,23-24,40H2,1-5H3,(H4-,41,42,43,45,50)/p+1/t28-,29+,31+/m1/s1. The molecule has 7 N–H and O–H groups in total. The highest BCUT2D eigenvalue weighted by atomic mass is 16.7. The second-order valence-electron chi connectivity index (χ2n) is 14.5. The van der Waals surface area contributed by atoms with E-state index in [4.69, 9.17) is 22.0 Å². The first-order valence-electron chi connectivity index (χ1n) is 18.1. The Morgan fingerprint density at radius 3 is 2.43 bits per heavy atom. The summed E-state index contributed by atoms with van der Waals surface area (Å²) in [6.45, 7) is 6.03. The monoisotopic (exact) mass is 739 g/mol. The number of nitrogens with one attached hydrogen (secondary N) is 1. The van der Waals surface area contributed by atoms with Crippen LogP contribution in [0.15, 0.2) is 82.9 Å². The number of aliphatic imine (C=N–C) groups is 2. The molecule has 0 saturated carbocycles. The molecule has 0 radical (unpaired) electrons. The van der Waals surface area contributed by atoms with Crippen molar-refractivity contribution < 1.29 is 28.6 Å². The molecular weight excluding hydrogens is 688 g/mol. The zero-order chi connectivity index (χ0) is 39.2. The molecule has 2 aromatic carbocycles. The van der Waals surface area contributed by atoms with Crippen molar-refractivity contribution in [2.75, 3.05) is 30.1 Å². The normalized spacial score (nSPS) is 17.3. The van der Waals surface area contributed by atoms with E-state index >= 15 is 0 Å². The summed E-state index contributed by atoms with van der Waals surface area (Å²) in [7, 11) is 3.56. The summed E-state index contributed by atoms with van der Waals surface area (Å²) in [5, 5.41) is 4.08. The number of fused-ring (bicyclic) bond motifs is 1. The van der Waals surface area contributed by atoms with Crippen LogP contribution < -0.4 is 37.0 Å². The summed E-state index contributed by atoms with van der Waals surface area (Å²) in [4.78, 5) is 73.1. The SMILES string of the molecule is CN1C(=O)C(=Nc2ccc(N(OC(C)(C)C)C(=O)[C@H](CCCN=C(N)N)NC(=O)[C@@H]3CCCN3C(=O)[C@H](N)Cc3ccccc3)cc2)c2c1ccc[n+]2C. The second kappa shape index (κ2) is 17.0. The number of hydrogen-bond acceptors (Lipinski definition) is 8. The molecular formula is C39H51N10O5+. The number of hydrogen-bond donors (Lipinski definition) is 4. The van der Waals surface area contributed by atoms with Crippen LogP contribution >= 0.6 is 0 Å². The zero-order valence-corrected chi connectivity index (χ0v) is 31.6. The van der Waals surface area contributed by atoms with E-state index in [-0.39, 0.29) is 30.7 Å². The second-order valence-corrected chi connectivity index (χ2v) is 14.5. The number of rotatable bonds is 13. The number of carbonyl (C=O) groups is 4. The van der Waals surface area contributed by atoms with Gasteiger partial charge in [0.1, 0.15) is 24.8 Å². The molecule has 4 amide bonds. The van der Waals surface area contributed by atoms with Crippen LogP contribution in [0, 0.1) is 0 Å². The number of likely N-dealkylation sites (tertiary alicyclic amines) is 1. The van der Waals surface area contributed by atoms with E-state index in [1.54, 1.807) is 57.0 Å². The van der Waals surface area contributed by atoms with Gasteiger partial charge in [0.25, 0.3) is 17.5 Å². The number of hydroxylamine groups is 1. The van der Waals surface area contributed by atoms with Crippen molar-refractivity contribution in [2.45, 2.75) is 76.6 Å². The average molecular weight is 740 g/mol. The lowest BCUT2D eigenvalue weighted by molar-refractivity contribution is -0.671. The number of anilines is 2. The van der Waals surface area contributed by atoms with Gasteiger partial charge in [-0.05, 0) is 88.8 Å². The Balaban J connectivity index is 1.38. The number of pyridine rings is 1. The maximum Gasteiger partial charge on any atom is 0.283 e. The molecule has 5 rings (SSSR count). The molecule has 2 aliphatic rings. The molecule has 1 fully saturated rings. The smallest absolute Gasteiger partial charge is 0.283 e. The molecule has 3 heterocycles. The highest BCUT2D eigenvalue weighted by Gasteiger charge is 2.40. The van der Waals surface area contributed by atoms with E-state index in [9.17, 15) is 19.2 Å². The van der Waals surface area contributed by atoms with Crippen molar-refractivity contribution in [3.63, 3.8) is 0 Å². The van der Waals surface area contributed by atoms with Gasteiger partial charge in [-0.25, -0.2) is 4.99 Å². The fourth-order valence-corrected chi connectivity index (χ4v) is 6.56. The molecule has 54 heavy (non-hydrogen) atoms. The zero-order valence-electron chi connectivity index (χ0n) is 31.6. The molecule has 0 bridgehead atoms. The number of aromatic nitrogens is 1. The lowest BCUT2D eigenvalue weighted by Crippen LogP contribution is -2.56. The van der Waals surface area contributed by atoms with Crippen LogP contribution in [-0.4, -0.2) is 84.1 Å². The maximum atomic E-state index is 14.5. The first kappa shape index (κ1) is 39.5. The van der Waals surface area contributed by atoms with Crippen LogP contribution in [0.5, 0.6) is 0 Å². The van der Waals surface area contributed by atoms with Crippen LogP contribution in [0.2, 0.25) is 0 Å². The minimum absolute atomic E-state index is 0.0848. The number of benzene rings is 2. The van der Waals surface area contributed by atoms with E-state index in [2.05, 4.69) is 15.3 Å². The van der Waals surface area contributed by atoms with E-state index in [1.165, 1.54) is 9.96 Å². The Labute approximate surface area is 315 Å².